The summed E-state index contributed by atoms with van der Waals surface area (Å²) >= 11 is 3.39. The highest BCUT2D eigenvalue weighted by molar-refractivity contribution is 9.10. The number of anilines is 1. The second-order valence-corrected chi connectivity index (χ2v) is 8.36. The summed E-state index contributed by atoms with van der Waals surface area (Å²) in [5.41, 5.74) is 0.243. The van der Waals surface area contributed by atoms with Crippen LogP contribution >= 0.6 is 15.9 Å². The second kappa shape index (κ2) is 12.3. The molecule has 0 saturated heterocycles. The fourth-order valence-electron chi connectivity index (χ4n) is 3.23. The number of non-ortho nitro benzene ring substituents is 1. The monoisotopic (exact) mass is 582 g/mol. The Bertz CT molecular complexity index is 1470. The molecule has 0 radical (unpaired) electrons. The SMILES string of the molecule is COc1ccc(NC(=O)/C(C#N)=C/c2cc(Br)c(OCc3ccc([N+](=O)[O-])cc3)c(OC)c2)c([N+](=O)[O-])c1. The van der Waals surface area contributed by atoms with E-state index in [1.165, 1.54) is 50.6 Å². The van der Waals surface area contributed by atoms with Gasteiger partial charge in [0.25, 0.3) is 17.3 Å². The third-order valence-corrected chi connectivity index (χ3v) is 5.70. The molecule has 12 nitrogen and oxygen atoms in total. The van der Waals surface area contributed by atoms with Gasteiger partial charge in [0, 0.05) is 12.1 Å². The van der Waals surface area contributed by atoms with Crippen LogP contribution in [0.3, 0.4) is 0 Å². The molecule has 0 aromatic heterocycles. The first-order valence-electron chi connectivity index (χ1n) is 10.7. The van der Waals surface area contributed by atoms with Crippen LogP contribution in [-0.2, 0) is 11.4 Å². The van der Waals surface area contributed by atoms with E-state index in [1.54, 1.807) is 24.3 Å². The zero-order chi connectivity index (χ0) is 27.8. The largest absolute Gasteiger partial charge is 0.496 e. The minimum absolute atomic E-state index is 0.0393. The number of carbonyl (C=O) groups excluding carboxylic acids is 1. The number of hydrogen-bond donors (Lipinski definition) is 1. The number of ether oxygens (including phenoxy) is 3. The van der Waals surface area contributed by atoms with Crippen LogP contribution in [0.15, 0.2) is 64.6 Å². The molecule has 13 heteroatoms. The normalized spacial score (nSPS) is 10.7. The number of nitro benzene ring substituents is 2. The van der Waals surface area contributed by atoms with Gasteiger partial charge in [-0.3, -0.25) is 25.0 Å². The second-order valence-electron chi connectivity index (χ2n) is 7.51. The van der Waals surface area contributed by atoms with E-state index in [0.717, 1.165) is 6.07 Å². The molecule has 194 valence electrons. The van der Waals surface area contributed by atoms with Gasteiger partial charge < -0.3 is 19.5 Å². The van der Waals surface area contributed by atoms with E-state index in [1.807, 2.05) is 0 Å². The van der Waals surface area contributed by atoms with Crippen LogP contribution in [0.4, 0.5) is 17.1 Å². The number of carbonyl (C=O) groups is 1. The van der Waals surface area contributed by atoms with E-state index in [4.69, 9.17) is 14.2 Å². The predicted molar refractivity (Wildman–Crippen MR) is 140 cm³/mol. The number of nitro groups is 2. The highest BCUT2D eigenvalue weighted by Crippen LogP contribution is 2.38. The maximum atomic E-state index is 12.7. The maximum absolute atomic E-state index is 12.7. The Labute approximate surface area is 224 Å². The number of benzene rings is 3. The molecule has 3 rings (SSSR count). The van der Waals surface area contributed by atoms with Crippen molar-refractivity contribution in [1.29, 1.82) is 5.26 Å². The summed E-state index contributed by atoms with van der Waals surface area (Å²) in [5, 5.41) is 34.2. The summed E-state index contributed by atoms with van der Waals surface area (Å²) in [6.07, 6.45) is 1.29. The van der Waals surface area contributed by atoms with Crippen LogP contribution in [-0.4, -0.2) is 30.0 Å². The third-order valence-electron chi connectivity index (χ3n) is 5.11. The number of rotatable bonds is 10. The lowest BCUT2D eigenvalue weighted by Crippen LogP contribution is -2.14. The van der Waals surface area contributed by atoms with Gasteiger partial charge in [-0.1, -0.05) is 0 Å². The Morgan fingerprint density at radius 2 is 1.76 bits per heavy atom. The first kappa shape index (κ1) is 27.6. The molecule has 38 heavy (non-hydrogen) atoms. The zero-order valence-electron chi connectivity index (χ0n) is 20.0. The molecule has 3 aromatic rings. The molecule has 0 aliphatic heterocycles. The number of nitrogens with zero attached hydrogens (tertiary/aromatic N) is 3. The van der Waals surface area contributed by atoms with Crippen LogP contribution < -0.4 is 19.5 Å². The number of nitrogens with one attached hydrogen (secondary N) is 1. The molecule has 0 aliphatic rings. The topological polar surface area (TPSA) is 167 Å². The number of halogens is 1. The van der Waals surface area contributed by atoms with Gasteiger partial charge in [-0.25, -0.2) is 0 Å². The minimum atomic E-state index is -0.852. The fourth-order valence-corrected chi connectivity index (χ4v) is 3.81. The molecule has 0 atom stereocenters. The van der Waals surface area contributed by atoms with Crippen molar-refractivity contribution < 1.29 is 28.9 Å². The molecule has 1 N–H and O–H groups in total. The van der Waals surface area contributed by atoms with Crippen LogP contribution in [0.25, 0.3) is 6.08 Å². The molecule has 1 amide bonds. The van der Waals surface area contributed by atoms with Crippen LogP contribution in [0.5, 0.6) is 17.2 Å². The molecule has 0 bridgehead atoms. The van der Waals surface area contributed by atoms with E-state index < -0.39 is 21.4 Å². The third kappa shape index (κ3) is 6.62. The molecular weight excluding hydrogens is 564 g/mol. The van der Waals surface area contributed by atoms with Gasteiger partial charge in [0.15, 0.2) is 11.5 Å². The Hall–Kier alpha value is -4.96. The summed E-state index contributed by atoms with van der Waals surface area (Å²) in [6, 6.07) is 14.7. The van der Waals surface area contributed by atoms with E-state index in [9.17, 15) is 30.3 Å². The van der Waals surface area contributed by atoms with Crippen molar-refractivity contribution in [3.8, 4) is 23.3 Å². The van der Waals surface area contributed by atoms with Gasteiger partial charge >= 0.3 is 0 Å². The standard InChI is InChI=1S/C25H19BrN4O8/c1-36-19-7-8-21(22(12-19)30(34)35)28-25(31)17(13-27)9-16-10-20(26)24(23(11-16)37-2)38-14-15-3-5-18(6-4-15)29(32)33/h3-12H,14H2,1-2H3,(H,28,31)/b17-9+. The van der Waals surface area contributed by atoms with E-state index in [-0.39, 0.29) is 35.1 Å². The lowest BCUT2D eigenvalue weighted by atomic mass is 10.1. The van der Waals surface area contributed by atoms with Crippen molar-refractivity contribution in [2.75, 3.05) is 19.5 Å². The van der Waals surface area contributed by atoms with Gasteiger partial charge in [-0.15, -0.1) is 0 Å². The van der Waals surface area contributed by atoms with Crippen molar-refractivity contribution in [2.45, 2.75) is 6.61 Å². The maximum Gasteiger partial charge on any atom is 0.296 e. The summed E-state index contributed by atoms with van der Waals surface area (Å²) in [6.45, 7) is 0.0919. The molecular formula is C25H19BrN4O8. The Morgan fingerprint density at radius 3 is 2.34 bits per heavy atom. The zero-order valence-corrected chi connectivity index (χ0v) is 21.6. The minimum Gasteiger partial charge on any atom is -0.496 e. The van der Waals surface area contributed by atoms with Crippen LogP contribution in [0.1, 0.15) is 11.1 Å². The van der Waals surface area contributed by atoms with Crippen molar-refractivity contribution in [1.82, 2.24) is 0 Å². The average molecular weight is 583 g/mol. The van der Waals surface area contributed by atoms with Crippen molar-refractivity contribution in [3.63, 3.8) is 0 Å². The van der Waals surface area contributed by atoms with E-state index in [0.29, 0.717) is 21.3 Å². The Kier molecular flexibility index (Phi) is 8.96. The van der Waals surface area contributed by atoms with Crippen molar-refractivity contribution in [3.05, 3.63) is 96.0 Å². The van der Waals surface area contributed by atoms with E-state index >= 15 is 0 Å². The predicted octanol–water partition coefficient (Wildman–Crippen LogP) is 5.41. The number of methoxy groups -OCH3 is 2. The van der Waals surface area contributed by atoms with Crippen LogP contribution in [0, 0.1) is 31.6 Å². The van der Waals surface area contributed by atoms with Crippen LogP contribution in [0.2, 0.25) is 0 Å². The smallest absolute Gasteiger partial charge is 0.296 e. The highest BCUT2D eigenvalue weighted by atomic mass is 79.9. The number of amides is 1. The fraction of sp³-hybridized carbons (Fsp3) is 0.120. The molecule has 0 unspecified atom stereocenters. The first-order chi connectivity index (χ1) is 18.2. The lowest BCUT2D eigenvalue weighted by Gasteiger charge is -2.14. The number of nitriles is 1. The van der Waals surface area contributed by atoms with E-state index in [2.05, 4.69) is 21.2 Å². The van der Waals surface area contributed by atoms with Gasteiger partial charge in [-0.05, 0) is 69.5 Å². The molecule has 0 aliphatic carbocycles. The van der Waals surface area contributed by atoms with Gasteiger partial charge in [-0.2, -0.15) is 5.26 Å². The molecule has 0 fully saturated rings. The van der Waals surface area contributed by atoms with Crippen molar-refractivity contribution >= 4 is 45.0 Å². The van der Waals surface area contributed by atoms with Gasteiger partial charge in [0.05, 0.1) is 34.6 Å². The van der Waals surface area contributed by atoms with Gasteiger partial charge in [0.2, 0.25) is 0 Å². The Morgan fingerprint density at radius 1 is 1.05 bits per heavy atom. The summed E-state index contributed by atoms with van der Waals surface area (Å²) in [5.74, 6) is 0.00350. The van der Waals surface area contributed by atoms with Crippen molar-refractivity contribution in [2.24, 2.45) is 0 Å². The molecule has 3 aromatic carbocycles. The first-order valence-corrected chi connectivity index (χ1v) is 11.4. The molecule has 0 heterocycles. The highest BCUT2D eigenvalue weighted by Gasteiger charge is 2.20. The van der Waals surface area contributed by atoms with Gasteiger partial charge in [0.1, 0.15) is 29.7 Å². The average Bonchev–Trinajstić information content (AvgIpc) is 2.90. The summed E-state index contributed by atoms with van der Waals surface area (Å²) in [4.78, 5) is 33.8. The number of hydrogen-bond acceptors (Lipinski definition) is 9. The molecule has 0 spiro atoms. The quantitative estimate of drug-likeness (QED) is 0.142. The Balaban J connectivity index is 1.83. The summed E-state index contributed by atoms with van der Waals surface area (Å²) in [7, 11) is 2.76. The lowest BCUT2D eigenvalue weighted by molar-refractivity contribution is -0.384. The molecule has 0 saturated carbocycles. The summed E-state index contributed by atoms with van der Waals surface area (Å²) < 4.78 is 16.7.